The van der Waals surface area contributed by atoms with Gasteiger partial charge in [-0.2, -0.15) is 18.3 Å². The average Bonchev–Trinajstić information content (AvgIpc) is 3.31. The molecule has 1 amide bonds. The van der Waals surface area contributed by atoms with Crippen LogP contribution in [0, 0.1) is 0 Å². The minimum atomic E-state index is -4.46. The van der Waals surface area contributed by atoms with E-state index in [4.69, 9.17) is 5.73 Å². The summed E-state index contributed by atoms with van der Waals surface area (Å²) in [6.45, 7) is 0.551. The van der Waals surface area contributed by atoms with E-state index in [1.807, 2.05) is 0 Å². The van der Waals surface area contributed by atoms with Gasteiger partial charge in [0, 0.05) is 18.8 Å². The third-order valence-electron chi connectivity index (χ3n) is 6.63. The molecule has 37 heavy (non-hydrogen) atoms. The molecule has 0 saturated carbocycles. The molecule has 12 heteroatoms. The summed E-state index contributed by atoms with van der Waals surface area (Å²) in [4.78, 5) is 31.8. The van der Waals surface area contributed by atoms with Crippen molar-refractivity contribution < 1.29 is 23.1 Å². The number of para-hydroxylation sites is 1. The lowest BCUT2D eigenvalue weighted by Gasteiger charge is -2.38. The Balaban J connectivity index is 1.32. The highest BCUT2D eigenvalue weighted by Gasteiger charge is 2.35. The second-order valence-electron chi connectivity index (χ2n) is 9.12. The zero-order valence-corrected chi connectivity index (χ0v) is 19.5. The predicted molar refractivity (Wildman–Crippen MR) is 129 cm³/mol. The van der Waals surface area contributed by atoms with Gasteiger partial charge in [0.1, 0.15) is 11.7 Å². The quantitative estimate of drug-likeness (QED) is 0.406. The minimum Gasteiger partial charge on any atom is -0.398 e. The summed E-state index contributed by atoms with van der Waals surface area (Å²) >= 11 is 0. The van der Waals surface area contributed by atoms with Gasteiger partial charge in [0.05, 0.1) is 35.2 Å². The van der Waals surface area contributed by atoms with E-state index in [1.165, 1.54) is 33.9 Å². The summed E-state index contributed by atoms with van der Waals surface area (Å²) in [5, 5.41) is 15.5. The van der Waals surface area contributed by atoms with E-state index in [0.29, 0.717) is 30.0 Å². The Hall–Kier alpha value is -4.19. The molecule has 9 nitrogen and oxygen atoms in total. The van der Waals surface area contributed by atoms with Gasteiger partial charge in [-0.3, -0.25) is 14.2 Å². The topological polar surface area (TPSA) is 119 Å². The molecule has 0 bridgehead atoms. The van der Waals surface area contributed by atoms with Gasteiger partial charge in [-0.25, -0.2) is 9.67 Å². The van der Waals surface area contributed by atoms with Crippen LogP contribution < -0.4 is 11.3 Å². The molecule has 0 spiro atoms. The van der Waals surface area contributed by atoms with E-state index in [1.54, 1.807) is 29.2 Å². The molecule has 0 unspecified atom stereocenters. The van der Waals surface area contributed by atoms with Crippen LogP contribution in [0.4, 0.5) is 18.9 Å². The van der Waals surface area contributed by atoms with Gasteiger partial charge in [0.25, 0.3) is 11.5 Å². The van der Waals surface area contributed by atoms with E-state index in [2.05, 4.69) is 10.1 Å². The Labute approximate surface area is 208 Å². The first kappa shape index (κ1) is 24.5. The predicted octanol–water partition coefficient (Wildman–Crippen LogP) is 2.85. The Kier molecular flexibility index (Phi) is 5.98. The smallest absolute Gasteiger partial charge is 0.398 e. The average molecular weight is 512 g/mol. The number of aromatic nitrogens is 4. The second-order valence-corrected chi connectivity index (χ2v) is 9.12. The molecule has 2 aromatic carbocycles. The maximum atomic E-state index is 13.1. The first-order chi connectivity index (χ1) is 17.6. The molecule has 192 valence electrons. The Morgan fingerprint density at radius 3 is 2.41 bits per heavy atom. The highest BCUT2D eigenvalue weighted by atomic mass is 19.4. The van der Waals surface area contributed by atoms with Crippen LogP contribution >= 0.6 is 0 Å². The van der Waals surface area contributed by atoms with Crippen LogP contribution in [0.5, 0.6) is 0 Å². The van der Waals surface area contributed by atoms with Crippen LogP contribution in [-0.2, 0) is 12.7 Å². The van der Waals surface area contributed by atoms with E-state index >= 15 is 0 Å². The molecule has 1 aliphatic rings. The zero-order chi connectivity index (χ0) is 26.4. The van der Waals surface area contributed by atoms with E-state index in [0.717, 1.165) is 12.1 Å². The number of likely N-dealkylation sites (tertiary alicyclic amines) is 1. The van der Waals surface area contributed by atoms with E-state index in [9.17, 15) is 27.9 Å². The van der Waals surface area contributed by atoms with Gasteiger partial charge in [0.2, 0.25) is 0 Å². The number of rotatable bonds is 4. The fourth-order valence-corrected chi connectivity index (χ4v) is 4.51. The van der Waals surface area contributed by atoms with E-state index in [-0.39, 0.29) is 36.3 Å². The number of piperidine rings is 1. The van der Waals surface area contributed by atoms with Crippen molar-refractivity contribution in [1.29, 1.82) is 0 Å². The number of fused-ring (bicyclic) bond motifs is 1. The molecule has 1 aliphatic heterocycles. The van der Waals surface area contributed by atoms with Crippen LogP contribution in [0.15, 0.2) is 65.8 Å². The number of carbonyl (C=O) groups is 1. The second kappa shape index (κ2) is 9.04. The molecular weight excluding hydrogens is 489 g/mol. The highest BCUT2D eigenvalue weighted by Crippen LogP contribution is 2.30. The number of anilines is 1. The van der Waals surface area contributed by atoms with Crippen LogP contribution in [-0.4, -0.2) is 53.9 Å². The Bertz CT molecular complexity index is 1520. The molecule has 0 atom stereocenters. The Morgan fingerprint density at radius 2 is 1.76 bits per heavy atom. The summed E-state index contributed by atoms with van der Waals surface area (Å²) in [6.07, 6.45) is -1.38. The fourth-order valence-electron chi connectivity index (χ4n) is 4.51. The molecule has 3 N–H and O–H groups in total. The maximum Gasteiger partial charge on any atom is 0.416 e. The first-order valence-corrected chi connectivity index (χ1v) is 11.5. The van der Waals surface area contributed by atoms with Crippen LogP contribution in [0.1, 0.15) is 28.8 Å². The normalized spacial score (nSPS) is 15.7. The van der Waals surface area contributed by atoms with Crippen LogP contribution in [0.3, 0.4) is 0 Å². The van der Waals surface area contributed by atoms with Crippen molar-refractivity contribution in [3.05, 3.63) is 82.5 Å². The summed E-state index contributed by atoms with van der Waals surface area (Å²) in [7, 11) is 0. The number of nitrogens with two attached hydrogens (primary N) is 1. The van der Waals surface area contributed by atoms with Gasteiger partial charge >= 0.3 is 6.18 Å². The van der Waals surface area contributed by atoms with Crippen molar-refractivity contribution in [1.82, 2.24) is 24.2 Å². The lowest BCUT2D eigenvalue weighted by molar-refractivity contribution is -0.137. The van der Waals surface area contributed by atoms with Gasteiger partial charge in [-0.05, 0) is 49.2 Å². The lowest BCUT2D eigenvalue weighted by atomic mass is 9.90. The number of aliphatic hydroxyl groups is 1. The number of nitrogen functional groups attached to an aromatic ring is 1. The number of carbonyl (C=O) groups excluding carboxylic acids is 1. The van der Waals surface area contributed by atoms with Crippen molar-refractivity contribution in [2.75, 3.05) is 18.8 Å². The van der Waals surface area contributed by atoms with Gasteiger partial charge in [0.15, 0.2) is 5.65 Å². The number of halogens is 3. The maximum absolute atomic E-state index is 13.1. The standard InChI is InChI=1S/C25H23F3N6O3/c26-25(27,28)16-5-7-17(8-6-16)34-21-19(13-31-34)23(36)33(15-30-21)14-24(37)9-11-32(12-10-24)22(35)18-3-1-2-4-20(18)29/h1-8,13,15,37H,9-12,14,29H2. The summed E-state index contributed by atoms with van der Waals surface area (Å²) in [5.74, 6) is -0.212. The van der Waals surface area contributed by atoms with Gasteiger partial charge in [-0.15, -0.1) is 0 Å². The largest absolute Gasteiger partial charge is 0.416 e. The number of benzene rings is 2. The molecule has 0 radical (unpaired) electrons. The lowest BCUT2D eigenvalue weighted by Crippen LogP contribution is -2.49. The van der Waals surface area contributed by atoms with Crippen molar-refractivity contribution in [2.45, 2.75) is 31.2 Å². The van der Waals surface area contributed by atoms with Crippen molar-refractivity contribution >= 4 is 22.6 Å². The number of nitrogens with zero attached hydrogens (tertiary/aromatic N) is 5. The molecule has 0 aliphatic carbocycles. The van der Waals surface area contributed by atoms with Crippen molar-refractivity contribution in [2.24, 2.45) is 0 Å². The molecule has 1 saturated heterocycles. The van der Waals surface area contributed by atoms with E-state index < -0.39 is 22.9 Å². The molecule has 4 aromatic rings. The number of hydrogen-bond acceptors (Lipinski definition) is 6. The first-order valence-electron chi connectivity index (χ1n) is 11.5. The van der Waals surface area contributed by atoms with Crippen molar-refractivity contribution in [3.63, 3.8) is 0 Å². The summed E-state index contributed by atoms with van der Waals surface area (Å²) < 4.78 is 41.2. The molecule has 5 rings (SSSR count). The fraction of sp³-hybridized carbons (Fsp3) is 0.280. The summed E-state index contributed by atoms with van der Waals surface area (Å²) in [5.41, 5.74) is 4.75. The molecule has 1 fully saturated rings. The highest BCUT2D eigenvalue weighted by molar-refractivity contribution is 5.99. The monoisotopic (exact) mass is 512 g/mol. The summed E-state index contributed by atoms with van der Waals surface area (Å²) in [6, 6.07) is 11.2. The van der Waals surface area contributed by atoms with Crippen molar-refractivity contribution in [3.8, 4) is 5.69 Å². The third kappa shape index (κ3) is 4.67. The Morgan fingerprint density at radius 1 is 1.08 bits per heavy atom. The zero-order valence-electron chi connectivity index (χ0n) is 19.5. The number of alkyl halides is 3. The third-order valence-corrected chi connectivity index (χ3v) is 6.63. The molecule has 2 aromatic heterocycles. The number of amides is 1. The van der Waals surface area contributed by atoms with Crippen LogP contribution in [0.2, 0.25) is 0 Å². The van der Waals surface area contributed by atoms with Gasteiger partial charge in [-0.1, -0.05) is 12.1 Å². The van der Waals surface area contributed by atoms with Gasteiger partial charge < -0.3 is 15.7 Å². The molecule has 3 heterocycles. The minimum absolute atomic E-state index is 0.0320. The SMILES string of the molecule is Nc1ccccc1C(=O)N1CCC(O)(Cn2cnc3c(cnn3-c3ccc(C(F)(F)F)cc3)c2=O)CC1. The number of hydrogen-bond donors (Lipinski definition) is 2. The van der Waals surface area contributed by atoms with Crippen LogP contribution in [0.25, 0.3) is 16.7 Å². The molecular formula is C25H23F3N6O3.